The first-order valence-corrected chi connectivity index (χ1v) is 5.34. The summed E-state index contributed by atoms with van der Waals surface area (Å²) in [7, 11) is 0. The molecule has 0 saturated carbocycles. The van der Waals surface area contributed by atoms with Crippen molar-refractivity contribution in [1.29, 1.82) is 0 Å². The van der Waals surface area contributed by atoms with Crippen molar-refractivity contribution in [2.24, 2.45) is 15.9 Å². The van der Waals surface area contributed by atoms with Crippen LogP contribution in [0.5, 0.6) is 5.75 Å². The van der Waals surface area contributed by atoms with Gasteiger partial charge in [-0.15, -0.1) is 5.10 Å². The van der Waals surface area contributed by atoms with E-state index in [2.05, 4.69) is 25.1 Å². The van der Waals surface area contributed by atoms with Crippen LogP contribution in [-0.4, -0.2) is 27.0 Å². The van der Waals surface area contributed by atoms with E-state index in [0.29, 0.717) is 11.3 Å². The molecule has 0 radical (unpaired) electrons. The molecule has 0 aliphatic heterocycles. The molecule has 0 aliphatic rings. The zero-order valence-corrected chi connectivity index (χ0v) is 10.1. The van der Waals surface area contributed by atoms with Crippen LogP contribution in [0.4, 0.5) is 5.82 Å². The van der Waals surface area contributed by atoms with Gasteiger partial charge in [0.2, 0.25) is 0 Å². The van der Waals surface area contributed by atoms with Crippen LogP contribution >= 0.6 is 0 Å². The first-order chi connectivity index (χ1) is 9.09. The molecule has 1 aromatic carbocycles. The van der Waals surface area contributed by atoms with Crippen LogP contribution in [0.3, 0.4) is 0 Å². The minimum absolute atomic E-state index is 0.0199. The Morgan fingerprint density at radius 3 is 2.63 bits per heavy atom. The Morgan fingerprint density at radius 2 is 2.00 bits per heavy atom. The molecule has 1 aromatic heterocycles. The van der Waals surface area contributed by atoms with Crippen molar-refractivity contribution < 1.29 is 9.74 Å². The van der Waals surface area contributed by atoms with Crippen LogP contribution in [-0.2, 0) is 0 Å². The minimum Gasteiger partial charge on any atom is -0.507 e. The normalized spacial score (nSPS) is 12.7. The smallest absolute Gasteiger partial charge is 0.199 e. The maximum Gasteiger partial charge on any atom is 0.199 e. The zero-order valence-electron chi connectivity index (χ0n) is 10.1. The van der Waals surface area contributed by atoms with Gasteiger partial charge in [-0.3, -0.25) is 0 Å². The van der Waals surface area contributed by atoms with E-state index >= 15 is 0 Å². The third-order valence-electron chi connectivity index (χ3n) is 2.36. The lowest BCUT2D eigenvalue weighted by Gasteiger charge is -2.01. The number of phenols is 1. The summed E-state index contributed by atoms with van der Waals surface area (Å²) >= 11 is 0. The van der Waals surface area contributed by atoms with E-state index < -0.39 is 0 Å². The predicted molar refractivity (Wildman–Crippen MR) is 69.8 cm³/mol. The maximum absolute atomic E-state index is 9.66. The van der Waals surface area contributed by atoms with E-state index in [9.17, 15) is 5.11 Å². The molecule has 2 aromatic rings. The molecule has 0 unspecified atom stereocenters. The average molecular weight is 260 g/mol. The largest absolute Gasteiger partial charge is 0.507 e. The summed E-state index contributed by atoms with van der Waals surface area (Å²) in [5, 5.41) is 24.2. The Balaban J connectivity index is 2.28. The number of nitrogens with zero attached hydrogens (tertiary/aromatic N) is 4. The van der Waals surface area contributed by atoms with E-state index in [0.717, 1.165) is 0 Å². The van der Waals surface area contributed by atoms with E-state index in [1.807, 2.05) is 0 Å². The Hall–Kier alpha value is -2.90. The number of hydrogen-bond donors (Lipinski definition) is 3. The average Bonchev–Trinajstić information content (AvgIpc) is 2.82. The number of rotatable bonds is 3. The fraction of sp³-hybridized carbons (Fsp3) is 0.0909. The minimum atomic E-state index is -0.0199. The van der Waals surface area contributed by atoms with Gasteiger partial charge in [-0.05, 0) is 29.4 Å². The predicted octanol–water partition coefficient (Wildman–Crippen LogP) is 0.487. The van der Waals surface area contributed by atoms with E-state index in [4.69, 9.17) is 11.5 Å². The van der Waals surface area contributed by atoms with Gasteiger partial charge in [0, 0.05) is 5.56 Å². The molecule has 8 heteroatoms. The summed E-state index contributed by atoms with van der Waals surface area (Å²) in [5.74, 6) is 0.130. The van der Waals surface area contributed by atoms with Crippen molar-refractivity contribution in [3.05, 3.63) is 35.5 Å². The number of hydrogen-bond acceptors (Lipinski definition) is 7. The fourth-order valence-electron chi connectivity index (χ4n) is 1.38. The van der Waals surface area contributed by atoms with Crippen molar-refractivity contribution in [3.63, 3.8) is 0 Å². The monoisotopic (exact) mass is 260 g/mol. The molecular weight excluding hydrogens is 248 g/mol. The summed E-state index contributed by atoms with van der Waals surface area (Å²) in [6.45, 7) is 1.69. The van der Waals surface area contributed by atoms with E-state index in [1.54, 1.807) is 31.2 Å². The van der Waals surface area contributed by atoms with Gasteiger partial charge in [-0.1, -0.05) is 12.1 Å². The van der Waals surface area contributed by atoms with Crippen LogP contribution in [0.1, 0.15) is 18.2 Å². The Morgan fingerprint density at radius 1 is 1.26 bits per heavy atom. The van der Waals surface area contributed by atoms with Crippen molar-refractivity contribution in [2.75, 3.05) is 5.73 Å². The number of anilines is 1. The number of para-hydroxylation sites is 1. The van der Waals surface area contributed by atoms with Gasteiger partial charge < -0.3 is 16.6 Å². The topological polar surface area (TPSA) is 136 Å². The Kier molecular flexibility index (Phi) is 3.42. The number of benzene rings is 1. The molecule has 0 atom stereocenters. The fourth-order valence-corrected chi connectivity index (χ4v) is 1.38. The number of aromatic hydroxyl groups is 1. The zero-order chi connectivity index (χ0) is 13.8. The third-order valence-corrected chi connectivity index (χ3v) is 2.36. The van der Waals surface area contributed by atoms with Gasteiger partial charge in [0.05, 0.1) is 5.71 Å². The summed E-state index contributed by atoms with van der Waals surface area (Å²) in [6.07, 6.45) is 0. The number of nitrogens with two attached hydrogens (primary N) is 2. The lowest BCUT2D eigenvalue weighted by molar-refractivity contribution is 0.308. The first kappa shape index (κ1) is 12.6. The molecule has 8 nitrogen and oxygen atoms in total. The van der Waals surface area contributed by atoms with Crippen LogP contribution in [0.15, 0.2) is 39.1 Å². The number of amidine groups is 1. The number of nitrogen functional groups attached to an aromatic ring is 1. The molecule has 1 heterocycles. The summed E-state index contributed by atoms with van der Waals surface area (Å²) in [5.41, 5.74) is 12.3. The quantitative estimate of drug-likeness (QED) is 0.417. The molecule has 5 N–H and O–H groups in total. The van der Waals surface area contributed by atoms with Gasteiger partial charge in [0.25, 0.3) is 0 Å². The highest BCUT2D eigenvalue weighted by Crippen LogP contribution is 2.16. The molecule has 19 heavy (non-hydrogen) atoms. The summed E-state index contributed by atoms with van der Waals surface area (Å²) < 4.78 is 4.40. The summed E-state index contributed by atoms with van der Waals surface area (Å²) in [6, 6.07) is 6.76. The van der Waals surface area contributed by atoms with Gasteiger partial charge in [0.15, 0.2) is 17.3 Å². The van der Waals surface area contributed by atoms with Crippen molar-refractivity contribution in [1.82, 2.24) is 10.3 Å². The van der Waals surface area contributed by atoms with Gasteiger partial charge in [-0.25, -0.2) is 4.63 Å². The van der Waals surface area contributed by atoms with Crippen molar-refractivity contribution in [2.45, 2.75) is 6.92 Å². The molecule has 0 fully saturated rings. The molecule has 0 spiro atoms. The Bertz CT molecular complexity index is 646. The number of phenolic OH excluding ortho intramolecular Hbond substituents is 1. The SMILES string of the molecule is CC(=NN=C(N)c1nonc1N)c1ccccc1O. The van der Waals surface area contributed by atoms with Gasteiger partial charge in [-0.2, -0.15) is 5.10 Å². The molecule has 0 bridgehead atoms. The van der Waals surface area contributed by atoms with Crippen LogP contribution in [0.25, 0.3) is 0 Å². The van der Waals surface area contributed by atoms with Crippen molar-refractivity contribution >= 4 is 17.4 Å². The highest BCUT2D eigenvalue weighted by atomic mass is 16.6. The number of aromatic nitrogens is 2. The van der Waals surface area contributed by atoms with E-state index in [-0.39, 0.29) is 23.1 Å². The lowest BCUT2D eigenvalue weighted by Crippen LogP contribution is -2.15. The van der Waals surface area contributed by atoms with E-state index in [1.165, 1.54) is 0 Å². The highest BCUT2D eigenvalue weighted by Gasteiger charge is 2.10. The van der Waals surface area contributed by atoms with Crippen LogP contribution in [0, 0.1) is 0 Å². The second-order valence-corrected chi connectivity index (χ2v) is 3.69. The van der Waals surface area contributed by atoms with Crippen molar-refractivity contribution in [3.8, 4) is 5.75 Å². The molecule has 98 valence electrons. The maximum atomic E-state index is 9.66. The molecule has 0 saturated heterocycles. The lowest BCUT2D eigenvalue weighted by atomic mass is 10.1. The molecule has 2 rings (SSSR count). The second kappa shape index (κ2) is 5.17. The first-order valence-electron chi connectivity index (χ1n) is 5.34. The summed E-state index contributed by atoms with van der Waals surface area (Å²) in [4.78, 5) is 0. The molecular formula is C11H12N6O2. The van der Waals surface area contributed by atoms with Gasteiger partial charge in [0.1, 0.15) is 5.75 Å². The standard InChI is InChI=1S/C11H12N6O2/c1-6(7-4-2-3-5-8(7)18)14-15-10(12)9-11(13)17-19-16-9/h2-5,18H,1H3,(H2,12,15)(H2,13,17). The van der Waals surface area contributed by atoms with Crippen LogP contribution < -0.4 is 11.5 Å². The second-order valence-electron chi connectivity index (χ2n) is 3.69. The highest BCUT2D eigenvalue weighted by molar-refractivity contribution is 6.03. The third kappa shape index (κ3) is 2.68. The molecule has 0 amide bonds. The Labute approximate surface area is 108 Å². The molecule has 0 aliphatic carbocycles. The van der Waals surface area contributed by atoms with Gasteiger partial charge >= 0.3 is 0 Å². The van der Waals surface area contributed by atoms with Crippen LogP contribution in [0.2, 0.25) is 0 Å².